The molecule has 1 aromatic carbocycles. The van der Waals surface area contributed by atoms with Gasteiger partial charge in [-0.15, -0.1) is 0 Å². The monoisotopic (exact) mass is 291 g/mol. The molecule has 3 aromatic rings. The molecule has 0 saturated carbocycles. The molecule has 3 nitrogen and oxygen atoms in total. The van der Waals surface area contributed by atoms with Gasteiger partial charge in [-0.1, -0.05) is 0 Å². The molecule has 0 amide bonds. The van der Waals surface area contributed by atoms with E-state index < -0.39 is 11.7 Å². The number of benzene rings is 1. The number of alkyl halides is 3. The predicted molar refractivity (Wildman–Crippen MR) is 75.6 cm³/mol. The summed E-state index contributed by atoms with van der Waals surface area (Å²) in [6.07, 6.45) is -2.73. The maximum atomic E-state index is 12.8. The Morgan fingerprint density at radius 3 is 2.48 bits per heavy atom. The van der Waals surface area contributed by atoms with E-state index in [1.54, 1.807) is 31.4 Å². The molecular weight excluding hydrogens is 279 g/mol. The van der Waals surface area contributed by atoms with E-state index in [9.17, 15) is 13.2 Å². The average molecular weight is 291 g/mol. The van der Waals surface area contributed by atoms with Crippen molar-refractivity contribution < 1.29 is 13.2 Å². The molecule has 2 N–H and O–H groups in total. The molecule has 0 saturated heterocycles. The minimum atomic E-state index is -4.34. The van der Waals surface area contributed by atoms with E-state index in [-0.39, 0.29) is 0 Å². The predicted octanol–water partition coefficient (Wildman–Crippen LogP) is 3.84. The van der Waals surface area contributed by atoms with Gasteiger partial charge in [0.25, 0.3) is 0 Å². The van der Waals surface area contributed by atoms with Crippen molar-refractivity contribution in [3.8, 4) is 11.3 Å². The van der Waals surface area contributed by atoms with Crippen LogP contribution in [0.15, 0.2) is 42.6 Å². The van der Waals surface area contributed by atoms with Crippen LogP contribution >= 0.6 is 0 Å². The molecule has 6 heteroatoms. The highest BCUT2D eigenvalue weighted by atomic mass is 19.4. The Hall–Kier alpha value is -2.50. The van der Waals surface area contributed by atoms with Crippen molar-refractivity contribution in [1.82, 2.24) is 9.55 Å². The number of nitrogens with two attached hydrogens (primary N) is 1. The number of nitrogens with zero attached hydrogens (tertiary/aromatic N) is 2. The first kappa shape index (κ1) is 13.5. The number of aryl methyl sites for hydroxylation is 1. The number of hydrogen-bond donors (Lipinski definition) is 1. The van der Waals surface area contributed by atoms with Crippen molar-refractivity contribution in [2.24, 2.45) is 7.05 Å². The number of aromatic nitrogens is 2. The standard InChI is InChI=1S/C15H12F3N3/c1-21-12-4-3-11(15(16,17)18)6-10(12)7-13(21)9-2-5-14(19)20-8-9/h2-8H,1H3,(H2,19,20). The lowest BCUT2D eigenvalue weighted by Crippen LogP contribution is -2.04. The fourth-order valence-corrected chi connectivity index (χ4v) is 2.36. The summed E-state index contributed by atoms with van der Waals surface area (Å²) >= 11 is 0. The van der Waals surface area contributed by atoms with Crippen LogP contribution in [0.5, 0.6) is 0 Å². The van der Waals surface area contributed by atoms with Gasteiger partial charge < -0.3 is 10.3 Å². The quantitative estimate of drug-likeness (QED) is 0.740. The van der Waals surface area contributed by atoms with Crippen molar-refractivity contribution in [3.05, 3.63) is 48.2 Å². The molecular formula is C15H12F3N3. The largest absolute Gasteiger partial charge is 0.416 e. The van der Waals surface area contributed by atoms with Gasteiger partial charge in [0.15, 0.2) is 0 Å². The molecule has 0 spiro atoms. The fraction of sp³-hybridized carbons (Fsp3) is 0.133. The molecule has 108 valence electrons. The number of anilines is 1. The van der Waals surface area contributed by atoms with E-state index in [2.05, 4.69) is 4.98 Å². The first-order chi connectivity index (χ1) is 9.86. The van der Waals surface area contributed by atoms with Crippen LogP contribution in [0, 0.1) is 0 Å². The lowest BCUT2D eigenvalue weighted by Gasteiger charge is -2.07. The Labute approximate surface area is 118 Å². The van der Waals surface area contributed by atoms with Crippen molar-refractivity contribution in [2.45, 2.75) is 6.18 Å². The van der Waals surface area contributed by atoms with Gasteiger partial charge in [0.1, 0.15) is 5.82 Å². The maximum Gasteiger partial charge on any atom is 0.416 e. The van der Waals surface area contributed by atoms with E-state index in [0.29, 0.717) is 11.2 Å². The third-order valence-electron chi connectivity index (χ3n) is 3.45. The smallest absolute Gasteiger partial charge is 0.384 e. The number of halogens is 3. The van der Waals surface area contributed by atoms with Crippen molar-refractivity contribution in [1.29, 1.82) is 0 Å². The second-order valence-electron chi connectivity index (χ2n) is 4.83. The van der Waals surface area contributed by atoms with E-state index in [1.165, 1.54) is 6.07 Å². The van der Waals surface area contributed by atoms with Crippen LogP contribution in [0.3, 0.4) is 0 Å². The molecule has 0 fully saturated rings. The van der Waals surface area contributed by atoms with Crippen LogP contribution in [0.2, 0.25) is 0 Å². The zero-order chi connectivity index (χ0) is 15.2. The van der Waals surface area contributed by atoms with Gasteiger partial charge >= 0.3 is 6.18 Å². The third-order valence-corrected chi connectivity index (χ3v) is 3.45. The minimum Gasteiger partial charge on any atom is -0.384 e. The Balaban J connectivity index is 2.17. The Morgan fingerprint density at radius 1 is 1.10 bits per heavy atom. The van der Waals surface area contributed by atoms with Crippen molar-refractivity contribution in [2.75, 3.05) is 5.73 Å². The first-order valence-corrected chi connectivity index (χ1v) is 6.25. The van der Waals surface area contributed by atoms with Crippen LogP contribution < -0.4 is 5.73 Å². The minimum absolute atomic E-state index is 0.400. The molecule has 0 unspecified atom stereocenters. The molecule has 0 radical (unpaired) electrons. The second kappa shape index (κ2) is 4.51. The topological polar surface area (TPSA) is 43.8 Å². The summed E-state index contributed by atoms with van der Waals surface area (Å²) in [7, 11) is 1.81. The summed E-state index contributed by atoms with van der Waals surface area (Å²) < 4.78 is 40.1. The van der Waals surface area contributed by atoms with Gasteiger partial charge in [0, 0.05) is 29.7 Å². The average Bonchev–Trinajstić information content (AvgIpc) is 2.76. The van der Waals surface area contributed by atoms with Gasteiger partial charge in [0.2, 0.25) is 0 Å². The SMILES string of the molecule is Cn1c(-c2ccc(N)nc2)cc2cc(C(F)(F)F)ccc21. The van der Waals surface area contributed by atoms with Gasteiger partial charge in [-0.05, 0) is 36.4 Å². The molecule has 2 heterocycles. The van der Waals surface area contributed by atoms with E-state index in [0.717, 1.165) is 28.9 Å². The van der Waals surface area contributed by atoms with Gasteiger partial charge in [-0.3, -0.25) is 0 Å². The highest BCUT2D eigenvalue weighted by Crippen LogP contribution is 2.34. The summed E-state index contributed by atoms with van der Waals surface area (Å²) in [5.41, 5.74) is 7.21. The van der Waals surface area contributed by atoms with Gasteiger partial charge in [0.05, 0.1) is 11.3 Å². The second-order valence-corrected chi connectivity index (χ2v) is 4.83. The molecule has 0 aliphatic heterocycles. The molecule has 0 aliphatic rings. The van der Waals surface area contributed by atoms with Crippen LogP contribution in [0.4, 0.5) is 19.0 Å². The van der Waals surface area contributed by atoms with E-state index >= 15 is 0 Å². The summed E-state index contributed by atoms with van der Waals surface area (Å²) in [5.74, 6) is 0.400. The Morgan fingerprint density at radius 2 is 1.86 bits per heavy atom. The fourth-order valence-electron chi connectivity index (χ4n) is 2.36. The molecule has 21 heavy (non-hydrogen) atoms. The summed E-state index contributed by atoms with van der Waals surface area (Å²) in [6, 6.07) is 8.90. The maximum absolute atomic E-state index is 12.8. The number of pyridine rings is 1. The molecule has 0 aliphatic carbocycles. The van der Waals surface area contributed by atoms with Crippen LogP contribution in [0.25, 0.3) is 22.2 Å². The number of rotatable bonds is 1. The zero-order valence-electron chi connectivity index (χ0n) is 11.1. The summed E-state index contributed by atoms with van der Waals surface area (Å²) in [6.45, 7) is 0. The Bertz CT molecular complexity index is 801. The molecule has 0 atom stereocenters. The van der Waals surface area contributed by atoms with E-state index in [4.69, 9.17) is 5.73 Å². The third kappa shape index (κ3) is 2.33. The highest BCUT2D eigenvalue weighted by molar-refractivity contribution is 5.87. The highest BCUT2D eigenvalue weighted by Gasteiger charge is 2.30. The number of fused-ring (bicyclic) bond motifs is 1. The molecule has 2 aromatic heterocycles. The van der Waals surface area contributed by atoms with Gasteiger partial charge in [-0.25, -0.2) is 4.98 Å². The van der Waals surface area contributed by atoms with Crippen LogP contribution in [-0.4, -0.2) is 9.55 Å². The first-order valence-electron chi connectivity index (χ1n) is 6.25. The lowest BCUT2D eigenvalue weighted by atomic mass is 10.1. The number of nitrogen functional groups attached to an aromatic ring is 1. The molecule has 0 bridgehead atoms. The van der Waals surface area contributed by atoms with Gasteiger partial charge in [-0.2, -0.15) is 13.2 Å². The van der Waals surface area contributed by atoms with Crippen molar-refractivity contribution in [3.63, 3.8) is 0 Å². The summed E-state index contributed by atoms with van der Waals surface area (Å²) in [4.78, 5) is 4.01. The van der Waals surface area contributed by atoms with Crippen LogP contribution in [-0.2, 0) is 13.2 Å². The van der Waals surface area contributed by atoms with Crippen molar-refractivity contribution >= 4 is 16.7 Å². The number of hydrogen-bond acceptors (Lipinski definition) is 2. The van der Waals surface area contributed by atoms with E-state index in [1.807, 2.05) is 4.57 Å². The Kier molecular flexibility index (Phi) is 2.90. The lowest BCUT2D eigenvalue weighted by molar-refractivity contribution is -0.137. The summed E-state index contributed by atoms with van der Waals surface area (Å²) in [5, 5.41) is 0.541. The normalized spacial score (nSPS) is 12.0. The molecule has 3 rings (SSSR count). The zero-order valence-corrected chi connectivity index (χ0v) is 11.1. The van der Waals surface area contributed by atoms with Crippen LogP contribution in [0.1, 0.15) is 5.56 Å².